The molecule has 0 aromatic rings. The van der Waals surface area contributed by atoms with Crippen LogP contribution in [-0.4, -0.2) is 35.6 Å². The molecule has 0 bridgehead atoms. The molecular weight excluding hydrogens is 202 g/mol. The van der Waals surface area contributed by atoms with Gasteiger partial charge < -0.3 is 10.0 Å². The van der Waals surface area contributed by atoms with Crippen LogP contribution in [0.2, 0.25) is 0 Å². The second-order valence-corrected chi connectivity index (χ2v) is 5.14. The maximum Gasteiger partial charge on any atom is 0.310 e. The smallest absolute Gasteiger partial charge is 0.310 e. The lowest BCUT2D eigenvalue weighted by atomic mass is 9.80. The fourth-order valence-electron chi connectivity index (χ4n) is 2.67. The summed E-state index contributed by atoms with van der Waals surface area (Å²) in [6, 6.07) is 0. The van der Waals surface area contributed by atoms with Crippen LogP contribution in [0.4, 0.5) is 0 Å². The average molecular weight is 227 g/mol. The Morgan fingerprint density at radius 2 is 1.88 bits per heavy atom. The van der Waals surface area contributed by atoms with E-state index in [1.54, 1.807) is 0 Å². The van der Waals surface area contributed by atoms with E-state index in [0.29, 0.717) is 0 Å². The molecule has 1 fully saturated rings. The SMILES string of the molecule is CCCC1CN(CC(CC)(CC)C(=O)O)C1. The fraction of sp³-hybridized carbons (Fsp3) is 0.923. The summed E-state index contributed by atoms with van der Waals surface area (Å²) < 4.78 is 0. The number of nitrogens with zero attached hydrogens (tertiary/aromatic N) is 1. The van der Waals surface area contributed by atoms with Crippen LogP contribution in [0.5, 0.6) is 0 Å². The molecule has 94 valence electrons. The summed E-state index contributed by atoms with van der Waals surface area (Å²) in [7, 11) is 0. The quantitative estimate of drug-likeness (QED) is 0.727. The maximum atomic E-state index is 11.3. The van der Waals surface area contributed by atoms with Gasteiger partial charge in [0.15, 0.2) is 0 Å². The molecule has 0 radical (unpaired) electrons. The van der Waals surface area contributed by atoms with E-state index in [9.17, 15) is 9.90 Å². The van der Waals surface area contributed by atoms with Gasteiger partial charge in [0.1, 0.15) is 0 Å². The van der Waals surface area contributed by atoms with Gasteiger partial charge in [0.25, 0.3) is 0 Å². The second-order valence-electron chi connectivity index (χ2n) is 5.14. The lowest BCUT2D eigenvalue weighted by Crippen LogP contribution is -2.53. The van der Waals surface area contributed by atoms with Gasteiger partial charge in [0, 0.05) is 19.6 Å². The summed E-state index contributed by atoms with van der Waals surface area (Å²) >= 11 is 0. The number of carbonyl (C=O) groups is 1. The average Bonchev–Trinajstić information content (AvgIpc) is 2.21. The number of hydrogen-bond acceptors (Lipinski definition) is 2. The van der Waals surface area contributed by atoms with E-state index >= 15 is 0 Å². The third-order valence-corrected chi connectivity index (χ3v) is 4.06. The predicted octanol–water partition coefficient (Wildman–Crippen LogP) is 2.61. The lowest BCUT2D eigenvalue weighted by molar-refractivity contribution is -0.152. The summed E-state index contributed by atoms with van der Waals surface area (Å²) in [6.45, 7) is 9.12. The van der Waals surface area contributed by atoms with Gasteiger partial charge in [-0.2, -0.15) is 0 Å². The van der Waals surface area contributed by atoms with Gasteiger partial charge in [-0.15, -0.1) is 0 Å². The van der Waals surface area contributed by atoms with Crippen molar-refractivity contribution in [1.82, 2.24) is 4.90 Å². The largest absolute Gasteiger partial charge is 0.481 e. The van der Waals surface area contributed by atoms with Crippen molar-refractivity contribution in [2.75, 3.05) is 19.6 Å². The number of carboxylic acids is 1. The molecule has 0 atom stereocenters. The van der Waals surface area contributed by atoms with Crippen LogP contribution in [0.25, 0.3) is 0 Å². The predicted molar refractivity (Wildman–Crippen MR) is 65.5 cm³/mol. The van der Waals surface area contributed by atoms with Crippen molar-refractivity contribution >= 4 is 5.97 Å². The van der Waals surface area contributed by atoms with Gasteiger partial charge in [0.05, 0.1) is 5.41 Å². The van der Waals surface area contributed by atoms with Gasteiger partial charge in [-0.3, -0.25) is 4.79 Å². The van der Waals surface area contributed by atoms with Crippen molar-refractivity contribution in [3.05, 3.63) is 0 Å². The van der Waals surface area contributed by atoms with E-state index < -0.39 is 11.4 Å². The third-order valence-electron chi connectivity index (χ3n) is 4.06. The molecule has 1 saturated heterocycles. The van der Waals surface area contributed by atoms with Crippen LogP contribution < -0.4 is 0 Å². The normalized spacial score (nSPS) is 18.4. The molecule has 1 rings (SSSR count). The fourth-order valence-corrected chi connectivity index (χ4v) is 2.67. The Bertz CT molecular complexity index is 230. The molecular formula is C13H25NO2. The van der Waals surface area contributed by atoms with Crippen LogP contribution in [0.3, 0.4) is 0 Å². The molecule has 0 amide bonds. The number of carboxylic acid groups (broad SMARTS) is 1. The Balaban J connectivity index is 2.43. The Morgan fingerprint density at radius 3 is 2.25 bits per heavy atom. The zero-order valence-corrected chi connectivity index (χ0v) is 10.8. The molecule has 1 N–H and O–H groups in total. The highest BCUT2D eigenvalue weighted by atomic mass is 16.4. The molecule has 3 nitrogen and oxygen atoms in total. The van der Waals surface area contributed by atoms with Crippen LogP contribution in [0, 0.1) is 11.3 Å². The van der Waals surface area contributed by atoms with Gasteiger partial charge in [-0.05, 0) is 25.2 Å². The van der Waals surface area contributed by atoms with Crippen LogP contribution in [0.15, 0.2) is 0 Å². The van der Waals surface area contributed by atoms with Gasteiger partial charge in [-0.1, -0.05) is 27.2 Å². The van der Waals surface area contributed by atoms with E-state index in [2.05, 4.69) is 11.8 Å². The summed E-state index contributed by atoms with van der Waals surface area (Å²) in [6.07, 6.45) is 3.99. The van der Waals surface area contributed by atoms with E-state index in [1.165, 1.54) is 12.8 Å². The van der Waals surface area contributed by atoms with Crippen molar-refractivity contribution in [3.8, 4) is 0 Å². The molecule has 0 aromatic heterocycles. The highest BCUT2D eigenvalue weighted by molar-refractivity contribution is 5.74. The second kappa shape index (κ2) is 5.67. The number of aliphatic carboxylic acids is 1. The summed E-state index contributed by atoms with van der Waals surface area (Å²) in [5.74, 6) is 0.182. The van der Waals surface area contributed by atoms with Crippen LogP contribution in [-0.2, 0) is 4.79 Å². The van der Waals surface area contributed by atoms with Crippen LogP contribution >= 0.6 is 0 Å². The van der Waals surface area contributed by atoms with Crippen molar-refractivity contribution < 1.29 is 9.90 Å². The highest BCUT2D eigenvalue weighted by Crippen LogP contribution is 2.31. The third kappa shape index (κ3) is 2.76. The molecule has 0 aromatic carbocycles. The molecule has 1 aliphatic heterocycles. The van der Waals surface area contributed by atoms with Crippen molar-refractivity contribution in [3.63, 3.8) is 0 Å². The molecule has 1 aliphatic rings. The lowest BCUT2D eigenvalue weighted by Gasteiger charge is -2.44. The van der Waals surface area contributed by atoms with Crippen molar-refractivity contribution in [1.29, 1.82) is 0 Å². The van der Waals surface area contributed by atoms with Gasteiger partial charge >= 0.3 is 5.97 Å². The zero-order chi connectivity index (χ0) is 12.2. The van der Waals surface area contributed by atoms with Crippen molar-refractivity contribution in [2.45, 2.75) is 46.5 Å². The van der Waals surface area contributed by atoms with E-state index in [4.69, 9.17) is 0 Å². The van der Waals surface area contributed by atoms with Gasteiger partial charge in [-0.25, -0.2) is 0 Å². The molecule has 16 heavy (non-hydrogen) atoms. The minimum atomic E-state index is -0.628. The van der Waals surface area contributed by atoms with Crippen LogP contribution in [0.1, 0.15) is 46.5 Å². The standard InChI is InChI=1S/C13H25NO2/c1-4-7-11-8-14(9-11)10-13(5-2,6-3)12(15)16/h11H,4-10H2,1-3H3,(H,15,16). The summed E-state index contributed by atoms with van der Waals surface area (Å²) in [5, 5.41) is 9.33. The van der Waals surface area contributed by atoms with Crippen molar-refractivity contribution in [2.24, 2.45) is 11.3 Å². The molecule has 0 unspecified atom stereocenters. The Kier molecular flexibility index (Phi) is 4.78. The minimum Gasteiger partial charge on any atom is -0.481 e. The Hall–Kier alpha value is -0.570. The first kappa shape index (κ1) is 13.5. The zero-order valence-electron chi connectivity index (χ0n) is 10.8. The first-order valence-electron chi connectivity index (χ1n) is 6.53. The monoisotopic (exact) mass is 227 g/mol. The molecule has 1 heterocycles. The summed E-state index contributed by atoms with van der Waals surface area (Å²) in [4.78, 5) is 13.6. The molecule has 0 saturated carbocycles. The Morgan fingerprint density at radius 1 is 1.31 bits per heavy atom. The maximum absolute atomic E-state index is 11.3. The number of likely N-dealkylation sites (tertiary alicyclic amines) is 1. The molecule has 3 heteroatoms. The minimum absolute atomic E-state index is 0.517. The first-order chi connectivity index (χ1) is 7.57. The number of rotatable bonds is 7. The molecule has 0 spiro atoms. The first-order valence-corrected chi connectivity index (χ1v) is 6.53. The Labute approximate surface area is 98.8 Å². The highest BCUT2D eigenvalue weighted by Gasteiger charge is 2.39. The van der Waals surface area contributed by atoms with Gasteiger partial charge in [0.2, 0.25) is 0 Å². The topological polar surface area (TPSA) is 40.5 Å². The van der Waals surface area contributed by atoms with E-state index in [1.807, 2.05) is 13.8 Å². The summed E-state index contributed by atoms with van der Waals surface area (Å²) in [5.41, 5.74) is -0.517. The van der Waals surface area contributed by atoms with E-state index in [-0.39, 0.29) is 0 Å². The molecule has 0 aliphatic carbocycles. The van der Waals surface area contributed by atoms with E-state index in [0.717, 1.165) is 38.4 Å². The number of hydrogen-bond donors (Lipinski definition) is 1.